The third-order valence-electron chi connectivity index (χ3n) is 1.39. The summed E-state index contributed by atoms with van der Waals surface area (Å²) in [5.41, 5.74) is 1.60. The molecule has 1 rings (SSSR count). The normalized spacial score (nSPS) is 9.08. The minimum absolute atomic E-state index is 0.0579. The van der Waals surface area contributed by atoms with E-state index in [1.807, 2.05) is 0 Å². The van der Waals surface area contributed by atoms with Crippen molar-refractivity contribution in [3.63, 3.8) is 0 Å². The number of nitrogens with zero attached hydrogens (tertiary/aromatic N) is 3. The van der Waals surface area contributed by atoms with E-state index in [0.29, 0.717) is 0 Å². The molecule has 62 valence electrons. The molecule has 0 aliphatic carbocycles. The van der Waals surface area contributed by atoms with E-state index in [0.717, 1.165) is 0 Å². The Morgan fingerprint density at radius 1 is 1.92 bits per heavy atom. The highest BCUT2D eigenvalue weighted by atomic mass is 16.5. The standard InChI is InChI=1S/C6H6N4O2/c1-10-5(2-7)4(3-8-10)6(11)9-12/h3,12H,1H3,(H,9,11). The highest BCUT2D eigenvalue weighted by molar-refractivity contribution is 5.95. The number of hydroxylamine groups is 1. The fourth-order valence-corrected chi connectivity index (χ4v) is 0.797. The summed E-state index contributed by atoms with van der Waals surface area (Å²) >= 11 is 0. The van der Waals surface area contributed by atoms with Crippen LogP contribution in [0.5, 0.6) is 0 Å². The summed E-state index contributed by atoms with van der Waals surface area (Å²) in [5.74, 6) is -0.736. The summed E-state index contributed by atoms with van der Waals surface area (Å²) in [5, 5.41) is 20.5. The fourth-order valence-electron chi connectivity index (χ4n) is 0.797. The van der Waals surface area contributed by atoms with Crippen molar-refractivity contribution in [1.29, 1.82) is 5.26 Å². The van der Waals surface area contributed by atoms with Crippen LogP contribution in [0.1, 0.15) is 16.1 Å². The lowest BCUT2D eigenvalue weighted by molar-refractivity contribution is 0.0706. The zero-order valence-corrected chi connectivity index (χ0v) is 6.27. The molecular weight excluding hydrogens is 160 g/mol. The molecule has 0 saturated carbocycles. The summed E-state index contributed by atoms with van der Waals surface area (Å²) in [6.45, 7) is 0. The van der Waals surface area contributed by atoms with E-state index < -0.39 is 5.91 Å². The van der Waals surface area contributed by atoms with Gasteiger partial charge in [0, 0.05) is 7.05 Å². The predicted octanol–water partition coefficient (Wildman–Crippen LogP) is -0.589. The average Bonchev–Trinajstić information content (AvgIpc) is 2.45. The molecule has 0 radical (unpaired) electrons. The van der Waals surface area contributed by atoms with E-state index in [1.54, 1.807) is 6.07 Å². The zero-order valence-electron chi connectivity index (χ0n) is 6.27. The molecule has 0 fully saturated rings. The van der Waals surface area contributed by atoms with Gasteiger partial charge in [-0.15, -0.1) is 0 Å². The van der Waals surface area contributed by atoms with E-state index in [9.17, 15) is 4.79 Å². The Hall–Kier alpha value is -1.87. The smallest absolute Gasteiger partial charge is 0.279 e. The Bertz CT molecular complexity index is 349. The first kappa shape index (κ1) is 8.23. The highest BCUT2D eigenvalue weighted by Crippen LogP contribution is 2.04. The van der Waals surface area contributed by atoms with Crippen LogP contribution in [0, 0.1) is 11.3 Å². The molecule has 0 aliphatic rings. The number of hydrogen-bond acceptors (Lipinski definition) is 4. The lowest BCUT2D eigenvalue weighted by Gasteiger charge is -1.94. The Kier molecular flexibility index (Phi) is 2.07. The maximum Gasteiger partial charge on any atom is 0.279 e. The first-order valence-electron chi connectivity index (χ1n) is 3.07. The number of rotatable bonds is 1. The molecule has 1 aromatic rings. The first-order chi connectivity index (χ1) is 5.70. The van der Waals surface area contributed by atoms with Crippen LogP contribution in [-0.2, 0) is 7.05 Å². The lowest BCUT2D eigenvalue weighted by Crippen LogP contribution is -2.19. The van der Waals surface area contributed by atoms with E-state index >= 15 is 0 Å². The number of nitriles is 1. The Morgan fingerprint density at radius 3 is 3.08 bits per heavy atom. The van der Waals surface area contributed by atoms with E-state index in [2.05, 4.69) is 5.10 Å². The van der Waals surface area contributed by atoms with Gasteiger partial charge in [0.25, 0.3) is 5.91 Å². The van der Waals surface area contributed by atoms with Crippen molar-refractivity contribution in [1.82, 2.24) is 15.3 Å². The largest absolute Gasteiger partial charge is 0.288 e. The Balaban J connectivity index is 3.18. The lowest BCUT2D eigenvalue weighted by atomic mass is 10.2. The van der Waals surface area contributed by atoms with Crippen LogP contribution in [-0.4, -0.2) is 20.9 Å². The minimum Gasteiger partial charge on any atom is -0.288 e. The van der Waals surface area contributed by atoms with Gasteiger partial charge >= 0.3 is 0 Å². The van der Waals surface area contributed by atoms with Crippen LogP contribution in [0.25, 0.3) is 0 Å². The van der Waals surface area contributed by atoms with E-state index in [4.69, 9.17) is 10.5 Å². The van der Waals surface area contributed by atoms with Gasteiger partial charge in [-0.05, 0) is 0 Å². The van der Waals surface area contributed by atoms with Crippen LogP contribution in [0.4, 0.5) is 0 Å². The van der Waals surface area contributed by atoms with Gasteiger partial charge in [0.1, 0.15) is 6.07 Å². The van der Waals surface area contributed by atoms with Crippen molar-refractivity contribution < 1.29 is 10.0 Å². The van der Waals surface area contributed by atoms with Gasteiger partial charge in [0.15, 0.2) is 5.69 Å². The summed E-state index contributed by atoms with van der Waals surface area (Å²) in [6, 6.07) is 1.79. The number of aromatic nitrogens is 2. The fraction of sp³-hybridized carbons (Fsp3) is 0.167. The zero-order chi connectivity index (χ0) is 9.14. The molecule has 1 amide bonds. The summed E-state index contributed by atoms with van der Waals surface area (Å²) in [7, 11) is 1.53. The van der Waals surface area contributed by atoms with Crippen molar-refractivity contribution in [2.24, 2.45) is 7.05 Å². The molecule has 1 aromatic heterocycles. The summed E-state index contributed by atoms with van der Waals surface area (Å²) in [4.78, 5) is 10.8. The molecule has 2 N–H and O–H groups in total. The second-order valence-corrected chi connectivity index (χ2v) is 2.08. The van der Waals surface area contributed by atoms with Crippen molar-refractivity contribution in [2.45, 2.75) is 0 Å². The molecule has 0 bridgehead atoms. The van der Waals surface area contributed by atoms with Gasteiger partial charge in [-0.1, -0.05) is 0 Å². The number of nitrogens with one attached hydrogen (secondary N) is 1. The molecule has 0 atom stereocenters. The van der Waals surface area contributed by atoms with E-state index in [1.165, 1.54) is 23.4 Å². The number of amides is 1. The first-order valence-corrected chi connectivity index (χ1v) is 3.07. The molecule has 0 saturated heterocycles. The molecule has 0 aromatic carbocycles. The average molecular weight is 166 g/mol. The van der Waals surface area contributed by atoms with Crippen LogP contribution in [0.2, 0.25) is 0 Å². The number of carbonyl (C=O) groups is 1. The van der Waals surface area contributed by atoms with Gasteiger partial charge in [0.2, 0.25) is 0 Å². The number of carbonyl (C=O) groups excluding carboxylic acids is 1. The van der Waals surface area contributed by atoms with Gasteiger partial charge < -0.3 is 0 Å². The quantitative estimate of drug-likeness (QED) is 0.431. The second kappa shape index (κ2) is 3.02. The van der Waals surface area contributed by atoms with Gasteiger partial charge in [-0.3, -0.25) is 14.7 Å². The molecule has 0 spiro atoms. The molecular formula is C6H6N4O2. The second-order valence-electron chi connectivity index (χ2n) is 2.08. The van der Waals surface area contributed by atoms with Crippen molar-refractivity contribution in [3.8, 4) is 6.07 Å². The third-order valence-corrected chi connectivity index (χ3v) is 1.39. The summed E-state index contributed by atoms with van der Waals surface area (Å²) in [6.07, 6.45) is 1.21. The van der Waals surface area contributed by atoms with Crippen molar-refractivity contribution in [3.05, 3.63) is 17.5 Å². The minimum atomic E-state index is -0.736. The molecule has 6 nitrogen and oxygen atoms in total. The molecule has 0 aliphatic heterocycles. The molecule has 1 heterocycles. The monoisotopic (exact) mass is 166 g/mol. The maximum absolute atomic E-state index is 10.8. The highest BCUT2D eigenvalue weighted by Gasteiger charge is 2.14. The van der Waals surface area contributed by atoms with Gasteiger partial charge in [-0.2, -0.15) is 10.4 Å². The van der Waals surface area contributed by atoms with Crippen molar-refractivity contribution in [2.75, 3.05) is 0 Å². The third kappa shape index (κ3) is 1.13. The van der Waals surface area contributed by atoms with Crippen LogP contribution in [0.3, 0.4) is 0 Å². The van der Waals surface area contributed by atoms with Crippen LogP contribution < -0.4 is 5.48 Å². The Morgan fingerprint density at radius 2 is 2.58 bits per heavy atom. The Labute approximate surface area is 68.0 Å². The van der Waals surface area contributed by atoms with E-state index in [-0.39, 0.29) is 11.3 Å². The van der Waals surface area contributed by atoms with Crippen LogP contribution in [0.15, 0.2) is 6.20 Å². The topological polar surface area (TPSA) is 90.9 Å². The molecule has 6 heteroatoms. The number of hydrogen-bond donors (Lipinski definition) is 2. The molecule has 0 unspecified atom stereocenters. The van der Waals surface area contributed by atoms with Crippen LogP contribution >= 0.6 is 0 Å². The molecule has 12 heavy (non-hydrogen) atoms. The predicted molar refractivity (Wildman–Crippen MR) is 37.2 cm³/mol. The number of aryl methyl sites for hydroxylation is 1. The maximum atomic E-state index is 10.8. The summed E-state index contributed by atoms with van der Waals surface area (Å²) < 4.78 is 1.25. The van der Waals surface area contributed by atoms with Crippen molar-refractivity contribution >= 4 is 5.91 Å². The van der Waals surface area contributed by atoms with Gasteiger partial charge in [-0.25, -0.2) is 5.48 Å². The van der Waals surface area contributed by atoms with Gasteiger partial charge in [0.05, 0.1) is 11.8 Å². The SMILES string of the molecule is Cn1ncc(C(=O)NO)c1C#N.